The molecule has 0 aliphatic rings. The summed E-state index contributed by atoms with van der Waals surface area (Å²) in [4.78, 5) is 0. The van der Waals surface area contributed by atoms with Crippen molar-refractivity contribution in [1.82, 2.24) is 15.0 Å². The molecule has 1 aromatic heterocycles. The summed E-state index contributed by atoms with van der Waals surface area (Å²) in [5.41, 5.74) is 2.47. The van der Waals surface area contributed by atoms with Gasteiger partial charge in [0.15, 0.2) is 0 Å². The van der Waals surface area contributed by atoms with Crippen LogP contribution in [-0.4, -0.2) is 15.0 Å². The second-order valence-corrected chi connectivity index (χ2v) is 3.75. The Labute approximate surface area is 93.1 Å². The first-order valence-corrected chi connectivity index (χ1v) is 5.00. The van der Waals surface area contributed by atoms with Crippen LogP contribution in [0.5, 0.6) is 0 Å². The summed E-state index contributed by atoms with van der Waals surface area (Å²) >= 11 is 0. The molecular weight excluding hydrogens is 207 g/mol. The fraction of sp³-hybridized carbons (Fsp3) is 0.273. The molecule has 1 aromatic carbocycles. The van der Waals surface area contributed by atoms with Gasteiger partial charge in [0, 0.05) is 18.9 Å². The van der Waals surface area contributed by atoms with E-state index in [0.717, 1.165) is 16.9 Å². The summed E-state index contributed by atoms with van der Waals surface area (Å²) < 4.78 is 14.7. The third-order valence-corrected chi connectivity index (χ3v) is 2.17. The molecule has 2 rings (SSSR count). The van der Waals surface area contributed by atoms with Crippen LogP contribution >= 0.6 is 0 Å². The van der Waals surface area contributed by atoms with Crippen molar-refractivity contribution >= 4 is 5.69 Å². The van der Waals surface area contributed by atoms with Gasteiger partial charge >= 0.3 is 0 Å². The lowest BCUT2D eigenvalue weighted by atomic mass is 10.2. The van der Waals surface area contributed by atoms with Crippen molar-refractivity contribution in [3.05, 3.63) is 41.5 Å². The zero-order chi connectivity index (χ0) is 11.5. The van der Waals surface area contributed by atoms with Crippen LogP contribution in [-0.2, 0) is 13.6 Å². The number of rotatable bonds is 3. The molecule has 2 aromatic rings. The van der Waals surface area contributed by atoms with Crippen molar-refractivity contribution in [2.45, 2.75) is 13.5 Å². The molecule has 5 heteroatoms. The van der Waals surface area contributed by atoms with Gasteiger partial charge in [0.2, 0.25) is 0 Å². The Morgan fingerprint density at radius 1 is 1.38 bits per heavy atom. The third kappa shape index (κ3) is 2.56. The maximum absolute atomic E-state index is 13.1. The van der Waals surface area contributed by atoms with Gasteiger partial charge in [-0.2, -0.15) is 0 Å². The van der Waals surface area contributed by atoms with Gasteiger partial charge in [-0.05, 0) is 30.7 Å². The van der Waals surface area contributed by atoms with Crippen molar-refractivity contribution in [1.29, 1.82) is 0 Å². The highest BCUT2D eigenvalue weighted by molar-refractivity contribution is 5.46. The Balaban J connectivity index is 2.04. The van der Waals surface area contributed by atoms with Crippen LogP contribution in [0.4, 0.5) is 10.1 Å². The molecule has 0 unspecified atom stereocenters. The Morgan fingerprint density at radius 2 is 2.19 bits per heavy atom. The predicted octanol–water partition coefficient (Wildman–Crippen LogP) is 1.87. The second-order valence-electron chi connectivity index (χ2n) is 3.75. The van der Waals surface area contributed by atoms with Crippen molar-refractivity contribution in [2.75, 3.05) is 5.32 Å². The average molecular weight is 220 g/mol. The highest BCUT2D eigenvalue weighted by Crippen LogP contribution is 2.13. The van der Waals surface area contributed by atoms with E-state index in [9.17, 15) is 4.39 Å². The largest absolute Gasteiger partial charge is 0.379 e. The van der Waals surface area contributed by atoms with E-state index in [0.29, 0.717) is 6.54 Å². The number of aryl methyl sites for hydroxylation is 2. The summed E-state index contributed by atoms with van der Waals surface area (Å²) in [7, 11) is 1.81. The minimum Gasteiger partial charge on any atom is -0.379 e. The molecule has 0 aliphatic heterocycles. The van der Waals surface area contributed by atoms with Gasteiger partial charge < -0.3 is 5.32 Å². The maximum atomic E-state index is 13.1. The molecule has 0 atom stereocenters. The molecule has 4 nitrogen and oxygen atoms in total. The van der Waals surface area contributed by atoms with Crippen LogP contribution in [0.15, 0.2) is 24.4 Å². The first-order valence-electron chi connectivity index (χ1n) is 5.00. The van der Waals surface area contributed by atoms with E-state index in [1.54, 1.807) is 4.68 Å². The quantitative estimate of drug-likeness (QED) is 0.858. The fourth-order valence-electron chi connectivity index (χ4n) is 1.51. The molecule has 0 saturated heterocycles. The zero-order valence-electron chi connectivity index (χ0n) is 9.24. The fourth-order valence-corrected chi connectivity index (χ4v) is 1.51. The molecule has 1 N–H and O–H groups in total. The average Bonchev–Trinajstić information content (AvgIpc) is 2.60. The summed E-state index contributed by atoms with van der Waals surface area (Å²) in [5, 5.41) is 10.8. The lowest BCUT2D eigenvalue weighted by Crippen LogP contribution is -2.00. The molecule has 0 spiro atoms. The highest BCUT2D eigenvalue weighted by atomic mass is 19.1. The number of nitrogens with zero attached hydrogens (tertiary/aromatic N) is 3. The molecule has 0 bridgehead atoms. The third-order valence-electron chi connectivity index (χ3n) is 2.17. The van der Waals surface area contributed by atoms with Gasteiger partial charge in [0.1, 0.15) is 11.5 Å². The molecule has 1 heterocycles. The number of aromatic nitrogens is 3. The number of hydrogen-bond donors (Lipinski definition) is 1. The number of hydrogen-bond acceptors (Lipinski definition) is 3. The second kappa shape index (κ2) is 4.30. The molecular formula is C11H13FN4. The van der Waals surface area contributed by atoms with Crippen LogP contribution in [0.1, 0.15) is 11.3 Å². The molecule has 16 heavy (non-hydrogen) atoms. The van der Waals surface area contributed by atoms with Crippen LogP contribution in [0.3, 0.4) is 0 Å². The summed E-state index contributed by atoms with van der Waals surface area (Å²) in [6, 6.07) is 4.84. The maximum Gasteiger partial charge on any atom is 0.125 e. The van der Waals surface area contributed by atoms with Gasteiger partial charge in [-0.1, -0.05) is 5.21 Å². The van der Waals surface area contributed by atoms with Crippen molar-refractivity contribution < 1.29 is 4.39 Å². The molecule has 0 fully saturated rings. The number of benzene rings is 1. The van der Waals surface area contributed by atoms with E-state index < -0.39 is 0 Å². The van der Waals surface area contributed by atoms with Crippen molar-refractivity contribution in [2.24, 2.45) is 7.05 Å². The minimum absolute atomic E-state index is 0.235. The van der Waals surface area contributed by atoms with E-state index in [4.69, 9.17) is 0 Å². The van der Waals surface area contributed by atoms with E-state index in [-0.39, 0.29) is 5.82 Å². The lowest BCUT2D eigenvalue weighted by molar-refractivity contribution is 0.627. The van der Waals surface area contributed by atoms with E-state index in [1.165, 1.54) is 12.1 Å². The van der Waals surface area contributed by atoms with Gasteiger partial charge in [-0.25, -0.2) is 4.39 Å². The van der Waals surface area contributed by atoms with Crippen LogP contribution in [0.2, 0.25) is 0 Å². The topological polar surface area (TPSA) is 42.7 Å². The molecule has 0 aliphatic carbocycles. The first-order chi connectivity index (χ1) is 7.63. The van der Waals surface area contributed by atoms with Crippen molar-refractivity contribution in [3.8, 4) is 0 Å². The lowest BCUT2D eigenvalue weighted by Gasteiger charge is -2.05. The molecule has 84 valence electrons. The summed E-state index contributed by atoms with van der Waals surface area (Å²) in [6.45, 7) is 2.40. The molecule has 0 radical (unpaired) electrons. The highest BCUT2D eigenvalue weighted by Gasteiger charge is 2.00. The van der Waals surface area contributed by atoms with E-state index in [1.807, 2.05) is 26.2 Å². The summed E-state index contributed by atoms with van der Waals surface area (Å²) in [5.74, 6) is -0.235. The zero-order valence-corrected chi connectivity index (χ0v) is 9.24. The van der Waals surface area contributed by atoms with Crippen LogP contribution < -0.4 is 5.32 Å². The van der Waals surface area contributed by atoms with Crippen LogP contribution in [0, 0.1) is 12.7 Å². The number of nitrogens with one attached hydrogen (secondary N) is 1. The normalized spacial score (nSPS) is 10.4. The predicted molar refractivity (Wildman–Crippen MR) is 59.5 cm³/mol. The van der Waals surface area contributed by atoms with Crippen molar-refractivity contribution in [3.63, 3.8) is 0 Å². The molecule has 0 amide bonds. The van der Waals surface area contributed by atoms with Gasteiger partial charge in [0.25, 0.3) is 0 Å². The SMILES string of the molecule is Cc1cc(F)cc(NCc2cn(C)nn2)c1. The minimum atomic E-state index is -0.235. The Hall–Kier alpha value is -1.91. The standard InChI is InChI=1S/C11H13FN4/c1-8-3-9(12)5-10(4-8)13-6-11-7-16(2)15-14-11/h3-5,7,13H,6H2,1-2H3. The van der Waals surface area contributed by atoms with E-state index in [2.05, 4.69) is 15.6 Å². The number of anilines is 1. The molecule has 0 saturated carbocycles. The number of halogens is 1. The Kier molecular flexibility index (Phi) is 2.85. The Bertz CT molecular complexity index is 472. The van der Waals surface area contributed by atoms with Crippen LogP contribution in [0.25, 0.3) is 0 Å². The van der Waals surface area contributed by atoms with E-state index >= 15 is 0 Å². The first kappa shape index (κ1) is 10.6. The smallest absolute Gasteiger partial charge is 0.125 e. The van der Waals surface area contributed by atoms with Gasteiger partial charge in [-0.3, -0.25) is 4.68 Å². The summed E-state index contributed by atoms with van der Waals surface area (Å²) in [6.07, 6.45) is 1.82. The van der Waals surface area contributed by atoms with Gasteiger partial charge in [-0.15, -0.1) is 5.10 Å². The Morgan fingerprint density at radius 3 is 2.81 bits per heavy atom. The monoisotopic (exact) mass is 220 g/mol. The van der Waals surface area contributed by atoms with Gasteiger partial charge in [0.05, 0.1) is 6.54 Å².